The third-order valence-corrected chi connectivity index (χ3v) is 3.44. The molecule has 124 valence electrons. The Labute approximate surface area is 134 Å². The topological polar surface area (TPSA) is 95.9 Å². The number of aliphatic carboxylic acids is 1. The first-order chi connectivity index (χ1) is 10.9. The van der Waals surface area contributed by atoms with Crippen LogP contribution in [-0.2, 0) is 14.4 Å². The van der Waals surface area contributed by atoms with E-state index in [0.29, 0.717) is 11.4 Å². The molecule has 1 aromatic carbocycles. The van der Waals surface area contributed by atoms with E-state index in [1.807, 2.05) is 13.8 Å². The Morgan fingerprint density at radius 3 is 2.52 bits per heavy atom. The minimum atomic E-state index is -0.961. The van der Waals surface area contributed by atoms with E-state index in [4.69, 9.17) is 9.84 Å². The summed E-state index contributed by atoms with van der Waals surface area (Å²) in [7, 11) is 0. The number of hydrogen-bond donors (Lipinski definition) is 2. The highest BCUT2D eigenvalue weighted by Crippen LogP contribution is 2.26. The zero-order valence-electron chi connectivity index (χ0n) is 13.1. The average Bonchev–Trinajstić information content (AvgIpc) is 2.87. The van der Waals surface area contributed by atoms with Crippen molar-refractivity contribution in [2.24, 2.45) is 5.92 Å². The molecule has 1 fully saturated rings. The number of rotatable bonds is 6. The molecule has 1 heterocycles. The summed E-state index contributed by atoms with van der Waals surface area (Å²) in [5.41, 5.74) is 0.623. The monoisotopic (exact) mass is 320 g/mol. The molecule has 2 amide bonds. The molecular formula is C16H20N2O5. The molecule has 2 rings (SSSR count). The Kier molecular flexibility index (Phi) is 5.20. The molecule has 1 unspecified atom stereocenters. The molecule has 0 aliphatic carbocycles. The first-order valence-corrected chi connectivity index (χ1v) is 7.42. The minimum Gasteiger partial charge on any atom is -0.484 e. The van der Waals surface area contributed by atoms with Crippen LogP contribution in [0.15, 0.2) is 24.3 Å². The lowest BCUT2D eigenvalue weighted by atomic mass is 10.1. The van der Waals surface area contributed by atoms with Crippen molar-refractivity contribution < 1.29 is 24.2 Å². The SMILES string of the molecule is CC(C)NC(=O)COc1ccc(N2CC(C(=O)O)CC2=O)cc1. The number of carbonyl (C=O) groups is 3. The van der Waals surface area contributed by atoms with E-state index in [1.54, 1.807) is 24.3 Å². The van der Waals surface area contributed by atoms with E-state index >= 15 is 0 Å². The highest BCUT2D eigenvalue weighted by molar-refractivity contribution is 5.99. The second kappa shape index (κ2) is 7.13. The standard InChI is InChI=1S/C16H20N2O5/c1-10(2)17-14(19)9-23-13-5-3-12(4-6-13)18-8-11(16(21)22)7-15(18)20/h3-6,10-11H,7-9H2,1-2H3,(H,17,19)(H,21,22). The van der Waals surface area contributed by atoms with Crippen LogP contribution in [0.2, 0.25) is 0 Å². The molecule has 0 radical (unpaired) electrons. The number of carbonyl (C=O) groups excluding carboxylic acids is 2. The predicted octanol–water partition coefficient (Wildman–Crippen LogP) is 1.03. The predicted molar refractivity (Wildman–Crippen MR) is 83.3 cm³/mol. The second-order valence-electron chi connectivity index (χ2n) is 5.75. The highest BCUT2D eigenvalue weighted by Gasteiger charge is 2.34. The van der Waals surface area contributed by atoms with Crippen molar-refractivity contribution in [1.29, 1.82) is 0 Å². The van der Waals surface area contributed by atoms with Gasteiger partial charge in [0.05, 0.1) is 5.92 Å². The van der Waals surface area contributed by atoms with Crippen LogP contribution in [-0.4, -0.2) is 42.1 Å². The van der Waals surface area contributed by atoms with Crippen LogP contribution in [0.3, 0.4) is 0 Å². The summed E-state index contributed by atoms with van der Waals surface area (Å²) in [6.07, 6.45) is 0.0168. The minimum absolute atomic E-state index is 0.0168. The molecule has 1 aliphatic rings. The van der Waals surface area contributed by atoms with Crippen molar-refractivity contribution in [1.82, 2.24) is 5.32 Å². The van der Waals surface area contributed by atoms with Crippen molar-refractivity contribution in [3.63, 3.8) is 0 Å². The van der Waals surface area contributed by atoms with Crippen molar-refractivity contribution in [3.05, 3.63) is 24.3 Å². The fourth-order valence-corrected chi connectivity index (χ4v) is 2.36. The number of ether oxygens (including phenoxy) is 1. The van der Waals surface area contributed by atoms with E-state index < -0.39 is 11.9 Å². The number of hydrogen-bond acceptors (Lipinski definition) is 4. The Morgan fingerprint density at radius 2 is 2.00 bits per heavy atom. The molecule has 7 nitrogen and oxygen atoms in total. The third kappa shape index (κ3) is 4.45. The van der Waals surface area contributed by atoms with E-state index in [0.717, 1.165) is 0 Å². The van der Waals surface area contributed by atoms with Gasteiger partial charge in [-0.3, -0.25) is 14.4 Å². The van der Waals surface area contributed by atoms with Gasteiger partial charge in [0, 0.05) is 24.7 Å². The van der Waals surface area contributed by atoms with Crippen LogP contribution in [0.1, 0.15) is 20.3 Å². The van der Waals surface area contributed by atoms with Gasteiger partial charge < -0.3 is 20.1 Å². The summed E-state index contributed by atoms with van der Waals surface area (Å²) in [5, 5.41) is 11.7. The molecule has 1 atom stereocenters. The van der Waals surface area contributed by atoms with Gasteiger partial charge in [-0.1, -0.05) is 0 Å². The summed E-state index contributed by atoms with van der Waals surface area (Å²) in [6, 6.07) is 6.71. The maximum Gasteiger partial charge on any atom is 0.308 e. The van der Waals surface area contributed by atoms with Gasteiger partial charge in [0.15, 0.2) is 6.61 Å². The number of carboxylic acids is 1. The fraction of sp³-hybridized carbons (Fsp3) is 0.438. The summed E-state index contributed by atoms with van der Waals surface area (Å²) in [5.74, 6) is -1.53. The molecule has 0 spiro atoms. The van der Waals surface area contributed by atoms with E-state index in [1.165, 1.54) is 4.90 Å². The zero-order valence-corrected chi connectivity index (χ0v) is 13.1. The lowest BCUT2D eigenvalue weighted by Gasteiger charge is -2.16. The molecule has 23 heavy (non-hydrogen) atoms. The molecule has 2 N–H and O–H groups in total. The first kappa shape index (κ1) is 16.8. The average molecular weight is 320 g/mol. The number of anilines is 1. The van der Waals surface area contributed by atoms with Crippen LogP contribution in [0.5, 0.6) is 5.75 Å². The molecule has 7 heteroatoms. The van der Waals surface area contributed by atoms with Crippen LogP contribution >= 0.6 is 0 Å². The summed E-state index contributed by atoms with van der Waals surface area (Å²) in [4.78, 5) is 35.8. The Balaban J connectivity index is 1.93. The molecule has 1 aliphatic heterocycles. The summed E-state index contributed by atoms with van der Waals surface area (Å²) >= 11 is 0. The molecular weight excluding hydrogens is 300 g/mol. The number of benzene rings is 1. The van der Waals surface area contributed by atoms with Crippen LogP contribution < -0.4 is 15.0 Å². The van der Waals surface area contributed by atoms with Gasteiger partial charge in [-0.25, -0.2) is 0 Å². The smallest absolute Gasteiger partial charge is 0.308 e. The molecule has 0 bridgehead atoms. The molecule has 1 aromatic rings. The van der Waals surface area contributed by atoms with Crippen molar-refractivity contribution in [3.8, 4) is 5.75 Å². The van der Waals surface area contributed by atoms with Gasteiger partial charge in [0.25, 0.3) is 5.91 Å². The molecule has 0 saturated carbocycles. The largest absolute Gasteiger partial charge is 0.484 e. The Bertz CT molecular complexity index is 597. The van der Waals surface area contributed by atoms with E-state index in [2.05, 4.69) is 5.32 Å². The lowest BCUT2D eigenvalue weighted by molar-refractivity contribution is -0.141. The van der Waals surface area contributed by atoms with Gasteiger partial charge in [-0.2, -0.15) is 0 Å². The normalized spacial score (nSPS) is 17.4. The highest BCUT2D eigenvalue weighted by atomic mass is 16.5. The number of nitrogens with zero attached hydrogens (tertiary/aromatic N) is 1. The van der Waals surface area contributed by atoms with Crippen molar-refractivity contribution >= 4 is 23.5 Å². The molecule has 0 aromatic heterocycles. The van der Waals surface area contributed by atoms with Crippen LogP contribution in [0, 0.1) is 5.92 Å². The maximum absolute atomic E-state index is 11.9. The van der Waals surface area contributed by atoms with Crippen molar-refractivity contribution in [2.45, 2.75) is 26.3 Å². The maximum atomic E-state index is 11.9. The van der Waals surface area contributed by atoms with E-state index in [9.17, 15) is 14.4 Å². The van der Waals surface area contributed by atoms with Gasteiger partial charge in [0.2, 0.25) is 5.91 Å². The van der Waals surface area contributed by atoms with Crippen LogP contribution in [0.4, 0.5) is 5.69 Å². The van der Waals surface area contributed by atoms with Gasteiger partial charge >= 0.3 is 5.97 Å². The molecule has 1 saturated heterocycles. The van der Waals surface area contributed by atoms with Crippen LogP contribution in [0.25, 0.3) is 0 Å². The number of carboxylic acid groups (broad SMARTS) is 1. The van der Waals surface area contributed by atoms with Gasteiger partial charge in [-0.15, -0.1) is 0 Å². The van der Waals surface area contributed by atoms with Crippen molar-refractivity contribution in [2.75, 3.05) is 18.1 Å². The zero-order chi connectivity index (χ0) is 17.0. The quantitative estimate of drug-likeness (QED) is 0.816. The number of nitrogens with one attached hydrogen (secondary N) is 1. The summed E-state index contributed by atoms with van der Waals surface area (Å²) in [6.45, 7) is 3.82. The third-order valence-electron chi connectivity index (χ3n) is 3.44. The first-order valence-electron chi connectivity index (χ1n) is 7.42. The van der Waals surface area contributed by atoms with E-state index in [-0.39, 0.29) is 37.4 Å². The summed E-state index contributed by atoms with van der Waals surface area (Å²) < 4.78 is 5.36. The number of amides is 2. The Hall–Kier alpha value is -2.57. The second-order valence-corrected chi connectivity index (χ2v) is 5.75. The lowest BCUT2D eigenvalue weighted by Crippen LogP contribution is -2.34. The Morgan fingerprint density at radius 1 is 1.35 bits per heavy atom. The van der Waals surface area contributed by atoms with Gasteiger partial charge in [0.1, 0.15) is 5.75 Å². The fourth-order valence-electron chi connectivity index (χ4n) is 2.36. The van der Waals surface area contributed by atoms with Gasteiger partial charge in [-0.05, 0) is 38.1 Å².